The first-order valence-electron chi connectivity index (χ1n) is 5.17. The summed E-state index contributed by atoms with van der Waals surface area (Å²) in [7, 11) is 0. The highest BCUT2D eigenvalue weighted by Gasteiger charge is 2.32. The molecule has 1 aromatic carbocycles. The smallest absolute Gasteiger partial charge is 0.319 e. The zero-order chi connectivity index (χ0) is 12.4. The maximum absolute atomic E-state index is 11.7. The molecule has 1 aliphatic rings. The molecule has 0 aliphatic carbocycles. The van der Waals surface area contributed by atoms with Gasteiger partial charge in [0.05, 0.1) is 0 Å². The number of phenols is 1. The minimum atomic E-state index is -1.01. The van der Waals surface area contributed by atoms with Gasteiger partial charge in [0, 0.05) is 13.0 Å². The van der Waals surface area contributed by atoms with Crippen molar-refractivity contribution in [2.75, 3.05) is 18.1 Å². The second-order valence-electron chi connectivity index (χ2n) is 3.73. The van der Waals surface area contributed by atoms with Crippen molar-refractivity contribution in [1.29, 1.82) is 0 Å². The van der Waals surface area contributed by atoms with Crippen molar-refractivity contribution in [1.82, 2.24) is 5.01 Å². The lowest BCUT2D eigenvalue weighted by Gasteiger charge is -2.26. The van der Waals surface area contributed by atoms with Gasteiger partial charge in [0.2, 0.25) is 5.91 Å². The van der Waals surface area contributed by atoms with Gasteiger partial charge in [0.1, 0.15) is 18.0 Å². The van der Waals surface area contributed by atoms with Crippen molar-refractivity contribution in [3.05, 3.63) is 24.3 Å². The van der Waals surface area contributed by atoms with Crippen molar-refractivity contribution in [3.63, 3.8) is 0 Å². The van der Waals surface area contributed by atoms with Crippen molar-refractivity contribution in [2.45, 2.75) is 6.42 Å². The number of hydrazine groups is 1. The SMILES string of the molecule is O=C(O)CN1CCC(=O)N1c1ccccc1O. The normalized spacial score (nSPS) is 16.5. The molecule has 0 spiro atoms. The number of anilines is 1. The van der Waals surface area contributed by atoms with Crippen LogP contribution in [0.5, 0.6) is 5.75 Å². The Balaban J connectivity index is 2.31. The number of para-hydroxylation sites is 2. The third-order valence-corrected chi connectivity index (χ3v) is 2.53. The molecule has 1 heterocycles. The number of carboxylic acids is 1. The number of nitrogens with zero attached hydrogens (tertiary/aromatic N) is 2. The molecule has 0 radical (unpaired) electrons. The Hall–Kier alpha value is -2.08. The van der Waals surface area contributed by atoms with Crippen LogP contribution in [0.2, 0.25) is 0 Å². The van der Waals surface area contributed by atoms with Crippen LogP contribution in [0.1, 0.15) is 6.42 Å². The molecule has 6 heteroatoms. The number of aliphatic carboxylic acids is 1. The van der Waals surface area contributed by atoms with Crippen molar-refractivity contribution < 1.29 is 19.8 Å². The van der Waals surface area contributed by atoms with Crippen LogP contribution in [-0.2, 0) is 9.59 Å². The van der Waals surface area contributed by atoms with Gasteiger partial charge in [-0.1, -0.05) is 12.1 Å². The fraction of sp³-hybridized carbons (Fsp3) is 0.273. The van der Waals surface area contributed by atoms with Crippen LogP contribution in [-0.4, -0.2) is 40.2 Å². The van der Waals surface area contributed by atoms with E-state index in [0.29, 0.717) is 12.2 Å². The van der Waals surface area contributed by atoms with E-state index < -0.39 is 5.97 Å². The van der Waals surface area contributed by atoms with Crippen molar-refractivity contribution in [2.24, 2.45) is 0 Å². The number of benzene rings is 1. The molecule has 1 aliphatic heterocycles. The first kappa shape index (κ1) is 11.4. The summed E-state index contributed by atoms with van der Waals surface area (Å²) in [5.74, 6) is -1.27. The standard InChI is InChI=1S/C11H12N2O4/c14-9-4-2-1-3-8(9)13-10(15)5-6-12(13)7-11(16)17/h1-4,14H,5-7H2,(H,16,17). The van der Waals surface area contributed by atoms with E-state index in [1.807, 2.05) is 0 Å². The Morgan fingerprint density at radius 1 is 1.35 bits per heavy atom. The molecule has 1 fully saturated rings. The number of hydrogen-bond donors (Lipinski definition) is 2. The van der Waals surface area contributed by atoms with Crippen LogP contribution in [0.15, 0.2) is 24.3 Å². The number of amides is 1. The molecule has 2 rings (SSSR count). The summed E-state index contributed by atoms with van der Waals surface area (Å²) in [5, 5.41) is 21.1. The van der Waals surface area contributed by atoms with Crippen LogP contribution in [0.4, 0.5) is 5.69 Å². The summed E-state index contributed by atoms with van der Waals surface area (Å²) in [6.07, 6.45) is 0.252. The van der Waals surface area contributed by atoms with Crippen LogP contribution in [0.25, 0.3) is 0 Å². The molecule has 0 unspecified atom stereocenters. The quantitative estimate of drug-likeness (QED) is 0.795. The lowest BCUT2D eigenvalue weighted by atomic mass is 10.3. The Morgan fingerprint density at radius 3 is 2.71 bits per heavy atom. The second-order valence-corrected chi connectivity index (χ2v) is 3.73. The Labute approximate surface area is 97.7 Å². The second kappa shape index (κ2) is 4.42. The molecule has 0 bridgehead atoms. The zero-order valence-electron chi connectivity index (χ0n) is 9.04. The summed E-state index contributed by atoms with van der Waals surface area (Å²) >= 11 is 0. The molecule has 90 valence electrons. The minimum Gasteiger partial charge on any atom is -0.506 e. The number of carbonyl (C=O) groups is 2. The lowest BCUT2D eigenvalue weighted by molar-refractivity contribution is -0.138. The maximum Gasteiger partial charge on any atom is 0.319 e. The van der Waals surface area contributed by atoms with Crippen LogP contribution in [0, 0.1) is 0 Å². The number of hydrogen-bond acceptors (Lipinski definition) is 4. The van der Waals surface area contributed by atoms with Gasteiger partial charge in [-0.25, -0.2) is 10.0 Å². The molecule has 1 saturated heterocycles. The number of carbonyl (C=O) groups excluding carboxylic acids is 1. The minimum absolute atomic E-state index is 0.0434. The summed E-state index contributed by atoms with van der Waals surface area (Å²) in [6, 6.07) is 6.35. The first-order chi connectivity index (χ1) is 8.09. The number of carboxylic acid groups (broad SMARTS) is 1. The van der Waals surface area contributed by atoms with E-state index in [9.17, 15) is 14.7 Å². The largest absolute Gasteiger partial charge is 0.506 e. The molecular weight excluding hydrogens is 224 g/mol. The van der Waals surface area contributed by atoms with E-state index >= 15 is 0 Å². The van der Waals surface area contributed by atoms with E-state index in [2.05, 4.69) is 0 Å². The van der Waals surface area contributed by atoms with Gasteiger partial charge < -0.3 is 10.2 Å². The van der Waals surface area contributed by atoms with Gasteiger partial charge in [-0.05, 0) is 12.1 Å². The molecule has 0 saturated carbocycles. The number of phenolic OH excluding ortho intramolecular Hbond substituents is 1. The highest BCUT2D eigenvalue weighted by Crippen LogP contribution is 2.30. The van der Waals surface area contributed by atoms with Crippen LogP contribution < -0.4 is 5.01 Å². The molecule has 0 aromatic heterocycles. The predicted molar refractivity (Wildman–Crippen MR) is 59.4 cm³/mol. The van der Waals surface area contributed by atoms with Gasteiger partial charge in [-0.2, -0.15) is 0 Å². The van der Waals surface area contributed by atoms with E-state index in [4.69, 9.17) is 5.11 Å². The summed E-state index contributed by atoms with van der Waals surface area (Å²) in [4.78, 5) is 22.4. The first-order valence-corrected chi connectivity index (χ1v) is 5.17. The number of aromatic hydroxyl groups is 1. The monoisotopic (exact) mass is 236 g/mol. The highest BCUT2D eigenvalue weighted by molar-refractivity contribution is 5.96. The Kier molecular flexibility index (Phi) is 2.97. The van der Waals surface area contributed by atoms with Crippen LogP contribution in [0.3, 0.4) is 0 Å². The topological polar surface area (TPSA) is 81.1 Å². The van der Waals surface area contributed by atoms with E-state index in [-0.39, 0.29) is 24.6 Å². The van der Waals surface area contributed by atoms with E-state index in [0.717, 1.165) is 0 Å². The fourth-order valence-electron chi connectivity index (χ4n) is 1.82. The maximum atomic E-state index is 11.7. The third kappa shape index (κ3) is 2.21. The van der Waals surface area contributed by atoms with Crippen molar-refractivity contribution in [3.8, 4) is 5.75 Å². The summed E-state index contributed by atoms with van der Waals surface area (Å²) < 4.78 is 0. The zero-order valence-corrected chi connectivity index (χ0v) is 9.04. The average molecular weight is 236 g/mol. The van der Waals surface area contributed by atoms with Gasteiger partial charge >= 0.3 is 5.97 Å². The van der Waals surface area contributed by atoms with Crippen LogP contribution >= 0.6 is 0 Å². The fourth-order valence-corrected chi connectivity index (χ4v) is 1.82. The lowest BCUT2D eigenvalue weighted by Crippen LogP contribution is -2.42. The van der Waals surface area contributed by atoms with Gasteiger partial charge in [0.15, 0.2) is 0 Å². The molecule has 0 atom stereocenters. The molecule has 1 aromatic rings. The van der Waals surface area contributed by atoms with Gasteiger partial charge in [0.25, 0.3) is 0 Å². The summed E-state index contributed by atoms with van der Waals surface area (Å²) in [5.41, 5.74) is 0.316. The van der Waals surface area contributed by atoms with E-state index in [1.54, 1.807) is 18.2 Å². The Bertz CT molecular complexity index is 461. The molecule has 6 nitrogen and oxygen atoms in total. The highest BCUT2D eigenvalue weighted by atomic mass is 16.4. The third-order valence-electron chi connectivity index (χ3n) is 2.53. The Morgan fingerprint density at radius 2 is 2.06 bits per heavy atom. The average Bonchev–Trinajstić information content (AvgIpc) is 2.60. The predicted octanol–water partition coefficient (Wildman–Crippen LogP) is 0.430. The molecule has 2 N–H and O–H groups in total. The molecule has 1 amide bonds. The number of rotatable bonds is 3. The van der Waals surface area contributed by atoms with Gasteiger partial charge in [-0.15, -0.1) is 0 Å². The molecule has 17 heavy (non-hydrogen) atoms. The molecular formula is C11H12N2O4. The van der Waals surface area contributed by atoms with Crippen molar-refractivity contribution >= 4 is 17.6 Å². The van der Waals surface area contributed by atoms with E-state index in [1.165, 1.54) is 16.1 Å². The van der Waals surface area contributed by atoms with Gasteiger partial charge in [-0.3, -0.25) is 9.59 Å². The summed E-state index contributed by atoms with van der Waals surface area (Å²) in [6.45, 7) is 0.0829.